The molecule has 1 rings (SSSR count). The summed E-state index contributed by atoms with van der Waals surface area (Å²) in [6, 6.07) is 0. The molecule has 1 heterocycles. The highest BCUT2D eigenvalue weighted by Crippen LogP contribution is 2.25. The number of nitrogens with one attached hydrogen (secondary N) is 1. The van der Waals surface area contributed by atoms with Crippen LogP contribution in [-0.2, 0) is 4.79 Å². The molecule has 1 atom stereocenters. The lowest BCUT2D eigenvalue weighted by molar-refractivity contribution is -0.121. The fourth-order valence-corrected chi connectivity index (χ4v) is 2.39. The maximum absolute atomic E-state index is 10.8. The molecular formula is C7H13NOS. The SMILES string of the molecule is CNC(=O)CC1CCSC1. The van der Waals surface area contributed by atoms with Gasteiger partial charge < -0.3 is 5.32 Å². The van der Waals surface area contributed by atoms with Crippen molar-refractivity contribution < 1.29 is 4.79 Å². The van der Waals surface area contributed by atoms with Crippen molar-refractivity contribution in [2.45, 2.75) is 12.8 Å². The van der Waals surface area contributed by atoms with Crippen molar-refractivity contribution in [1.29, 1.82) is 0 Å². The van der Waals surface area contributed by atoms with Gasteiger partial charge in [0.1, 0.15) is 0 Å². The first kappa shape index (κ1) is 7.92. The summed E-state index contributed by atoms with van der Waals surface area (Å²) >= 11 is 1.95. The van der Waals surface area contributed by atoms with Crippen LogP contribution in [0.5, 0.6) is 0 Å². The van der Waals surface area contributed by atoms with Crippen molar-refractivity contribution >= 4 is 17.7 Å². The van der Waals surface area contributed by atoms with Gasteiger partial charge in [-0.15, -0.1) is 0 Å². The molecule has 3 heteroatoms. The van der Waals surface area contributed by atoms with Gasteiger partial charge >= 0.3 is 0 Å². The second-order valence-corrected chi connectivity index (χ2v) is 3.76. The monoisotopic (exact) mass is 159 g/mol. The third kappa shape index (κ3) is 2.21. The van der Waals surface area contributed by atoms with Crippen molar-refractivity contribution in [2.24, 2.45) is 5.92 Å². The maximum atomic E-state index is 10.8. The van der Waals surface area contributed by atoms with E-state index >= 15 is 0 Å². The summed E-state index contributed by atoms with van der Waals surface area (Å²) in [7, 11) is 1.70. The minimum absolute atomic E-state index is 0.188. The molecule has 1 unspecified atom stereocenters. The molecule has 1 amide bonds. The van der Waals surface area contributed by atoms with E-state index in [-0.39, 0.29) is 5.91 Å². The molecule has 0 radical (unpaired) electrons. The van der Waals surface area contributed by atoms with Gasteiger partial charge in [-0.2, -0.15) is 11.8 Å². The molecule has 1 aliphatic rings. The second-order valence-electron chi connectivity index (χ2n) is 2.61. The molecule has 1 N–H and O–H groups in total. The number of carbonyl (C=O) groups excluding carboxylic acids is 1. The Morgan fingerprint density at radius 1 is 1.80 bits per heavy atom. The number of amides is 1. The van der Waals surface area contributed by atoms with Crippen molar-refractivity contribution in [3.63, 3.8) is 0 Å². The first-order valence-electron chi connectivity index (χ1n) is 3.61. The number of hydrogen-bond acceptors (Lipinski definition) is 2. The Bertz CT molecular complexity index is 121. The van der Waals surface area contributed by atoms with Crippen LogP contribution in [-0.4, -0.2) is 24.5 Å². The molecule has 1 aliphatic heterocycles. The lowest BCUT2D eigenvalue weighted by Crippen LogP contribution is -2.20. The first-order valence-corrected chi connectivity index (χ1v) is 4.76. The average Bonchev–Trinajstić information content (AvgIpc) is 2.40. The lowest BCUT2D eigenvalue weighted by atomic mass is 10.1. The molecule has 1 saturated heterocycles. The number of rotatable bonds is 2. The summed E-state index contributed by atoms with van der Waals surface area (Å²) in [5.74, 6) is 3.24. The van der Waals surface area contributed by atoms with Gasteiger partial charge in [-0.25, -0.2) is 0 Å². The van der Waals surface area contributed by atoms with Gasteiger partial charge in [0, 0.05) is 13.5 Å². The van der Waals surface area contributed by atoms with Gasteiger partial charge in [-0.1, -0.05) is 0 Å². The fourth-order valence-electron chi connectivity index (χ4n) is 1.11. The van der Waals surface area contributed by atoms with Crippen LogP contribution in [0.25, 0.3) is 0 Å². The molecule has 0 aromatic carbocycles. The summed E-state index contributed by atoms with van der Waals surface area (Å²) < 4.78 is 0. The topological polar surface area (TPSA) is 29.1 Å². The van der Waals surface area contributed by atoms with Crippen LogP contribution in [0.1, 0.15) is 12.8 Å². The highest BCUT2D eigenvalue weighted by atomic mass is 32.2. The number of hydrogen-bond donors (Lipinski definition) is 1. The average molecular weight is 159 g/mol. The molecule has 58 valence electrons. The van der Waals surface area contributed by atoms with Crippen LogP contribution >= 0.6 is 11.8 Å². The minimum Gasteiger partial charge on any atom is -0.359 e. The van der Waals surface area contributed by atoms with E-state index < -0.39 is 0 Å². The zero-order valence-electron chi connectivity index (χ0n) is 6.22. The first-order chi connectivity index (χ1) is 4.83. The van der Waals surface area contributed by atoms with Gasteiger partial charge in [-0.05, 0) is 23.8 Å². The van der Waals surface area contributed by atoms with E-state index in [9.17, 15) is 4.79 Å². The summed E-state index contributed by atoms with van der Waals surface area (Å²) in [5.41, 5.74) is 0. The minimum atomic E-state index is 0.188. The van der Waals surface area contributed by atoms with Crippen LogP contribution in [0.3, 0.4) is 0 Å². The van der Waals surface area contributed by atoms with Crippen LogP contribution in [0.15, 0.2) is 0 Å². The molecule has 2 nitrogen and oxygen atoms in total. The van der Waals surface area contributed by atoms with Crippen molar-refractivity contribution in [1.82, 2.24) is 5.32 Å². The van der Waals surface area contributed by atoms with Crippen molar-refractivity contribution in [3.05, 3.63) is 0 Å². The van der Waals surface area contributed by atoms with Crippen LogP contribution in [0.4, 0.5) is 0 Å². The Morgan fingerprint density at radius 3 is 3.10 bits per heavy atom. The smallest absolute Gasteiger partial charge is 0.220 e. The summed E-state index contributed by atoms with van der Waals surface area (Å²) in [6.45, 7) is 0. The normalized spacial score (nSPS) is 24.7. The number of thioether (sulfide) groups is 1. The van der Waals surface area contributed by atoms with Crippen molar-refractivity contribution in [2.75, 3.05) is 18.6 Å². The molecule has 0 aromatic heterocycles. The molecule has 0 spiro atoms. The Balaban J connectivity index is 2.17. The highest BCUT2D eigenvalue weighted by Gasteiger charge is 2.17. The molecule has 0 saturated carbocycles. The summed E-state index contributed by atoms with van der Waals surface area (Å²) in [6.07, 6.45) is 1.95. The molecular weight excluding hydrogens is 146 g/mol. The fraction of sp³-hybridized carbons (Fsp3) is 0.857. The van der Waals surface area contributed by atoms with Crippen LogP contribution in [0, 0.1) is 5.92 Å². The predicted octanol–water partition coefficient (Wildman–Crippen LogP) is 0.876. The van der Waals surface area contributed by atoms with E-state index in [1.165, 1.54) is 17.9 Å². The zero-order chi connectivity index (χ0) is 7.40. The van der Waals surface area contributed by atoms with E-state index in [4.69, 9.17) is 0 Å². The van der Waals surface area contributed by atoms with E-state index in [0.717, 1.165) is 6.42 Å². The second kappa shape index (κ2) is 3.86. The third-order valence-corrected chi connectivity index (χ3v) is 3.01. The Kier molecular flexibility index (Phi) is 3.06. The van der Waals surface area contributed by atoms with Gasteiger partial charge in [0.15, 0.2) is 0 Å². The standard InChI is InChI=1S/C7H13NOS/c1-8-7(9)4-6-2-3-10-5-6/h6H,2-5H2,1H3,(H,8,9). The number of carbonyl (C=O) groups is 1. The van der Waals surface area contributed by atoms with Gasteiger partial charge in [0.2, 0.25) is 5.91 Å². The van der Waals surface area contributed by atoms with E-state index in [0.29, 0.717) is 5.92 Å². The molecule has 0 aromatic rings. The Morgan fingerprint density at radius 2 is 2.60 bits per heavy atom. The van der Waals surface area contributed by atoms with E-state index in [1.807, 2.05) is 11.8 Å². The summed E-state index contributed by atoms with van der Waals surface area (Å²) in [4.78, 5) is 10.8. The van der Waals surface area contributed by atoms with E-state index in [2.05, 4.69) is 5.32 Å². The van der Waals surface area contributed by atoms with Gasteiger partial charge in [0.25, 0.3) is 0 Å². The maximum Gasteiger partial charge on any atom is 0.220 e. The summed E-state index contributed by atoms with van der Waals surface area (Å²) in [5, 5.41) is 2.64. The quantitative estimate of drug-likeness (QED) is 0.648. The molecule has 0 bridgehead atoms. The van der Waals surface area contributed by atoms with Crippen LogP contribution < -0.4 is 5.32 Å². The predicted molar refractivity (Wildman–Crippen MR) is 44.1 cm³/mol. The van der Waals surface area contributed by atoms with Gasteiger partial charge in [-0.3, -0.25) is 4.79 Å². The molecule has 0 aliphatic carbocycles. The largest absolute Gasteiger partial charge is 0.359 e. The van der Waals surface area contributed by atoms with E-state index in [1.54, 1.807) is 7.05 Å². The molecule has 10 heavy (non-hydrogen) atoms. The van der Waals surface area contributed by atoms with Crippen LogP contribution in [0.2, 0.25) is 0 Å². The third-order valence-electron chi connectivity index (χ3n) is 1.78. The Hall–Kier alpha value is -0.180. The van der Waals surface area contributed by atoms with Gasteiger partial charge in [0.05, 0.1) is 0 Å². The Labute approximate surface area is 65.8 Å². The highest BCUT2D eigenvalue weighted by molar-refractivity contribution is 7.99. The zero-order valence-corrected chi connectivity index (χ0v) is 7.04. The van der Waals surface area contributed by atoms with Crippen molar-refractivity contribution in [3.8, 4) is 0 Å². The molecule has 1 fully saturated rings. The lowest BCUT2D eigenvalue weighted by Gasteiger charge is -2.04.